The fraction of sp³-hybridized carbons (Fsp3) is 0.750. The molecule has 1 aromatic carbocycles. The van der Waals surface area contributed by atoms with Gasteiger partial charge in [0.05, 0.1) is 44.9 Å². The van der Waals surface area contributed by atoms with Crippen molar-refractivity contribution in [3.05, 3.63) is 34.9 Å². The minimum Gasteiger partial charge on any atom is -0.379 e. The molecule has 26 nitrogen and oxygen atoms in total. The monoisotopic (exact) mass is 1460 g/mol. The van der Waals surface area contributed by atoms with Crippen LogP contribution in [0.25, 0.3) is 0 Å². The number of nitrogens with one attached hydrogen (secondary N) is 3. The highest BCUT2D eigenvalue weighted by Gasteiger charge is 2.53. The fourth-order valence-electron chi connectivity index (χ4n) is 16.0. The smallest absolute Gasteiger partial charge is 0.379 e. The van der Waals surface area contributed by atoms with E-state index in [4.69, 9.17) is 9.47 Å². The zero-order valence-corrected chi connectivity index (χ0v) is 61.8. The molecule has 0 radical (unpaired) electrons. The first kappa shape index (κ1) is 81.1. The van der Waals surface area contributed by atoms with Crippen LogP contribution in [0.5, 0.6) is 0 Å². The van der Waals surface area contributed by atoms with Crippen LogP contribution < -0.4 is 16.0 Å². The Morgan fingerprint density at radius 3 is 1.86 bits per heavy atom. The number of carbonyl (C=O) groups is 12. The number of likely N-dealkylation sites (N-methyl/N-ethyl adjacent to an activating group) is 6. The average molecular weight is 1460 g/mol. The summed E-state index contributed by atoms with van der Waals surface area (Å²) in [7, 11) is 8.28. The summed E-state index contributed by atoms with van der Waals surface area (Å²) in [6.45, 7) is 9.97. The lowest BCUT2D eigenvalue weighted by molar-refractivity contribution is -0.161. The van der Waals surface area contributed by atoms with Crippen molar-refractivity contribution in [3.8, 4) is 0 Å². The molecule has 5 heterocycles. The summed E-state index contributed by atoms with van der Waals surface area (Å²) in [5.41, 5.74) is -4.10. The van der Waals surface area contributed by atoms with Gasteiger partial charge in [-0.2, -0.15) is 13.2 Å². The standard InChI is InChI=1S/C72H107F5N12O14/c1-13-32-102-40-55-65(96)81(7)37-56(90)78-50(26-23-44-34-48(73)58(49(74)35-44)72(75,76)77)64(95)87-30-19-22-51(87)62(93)80-71(28-17-18-29-71)70(101)86(12)60(45-20-15-16-21-45)69(100)84(10)54(67(98)89-46-24-25-47(89)39-103-38-46)36-57(91)83(9)53(33-41(3)4)61(92)79-59(42(5)14-2)68(99)82(8)43(6)63(94)88-31-27-52(88)66(97)85(55)11/h34-35,41-43,45-47,50-55,59-60H,13-33,36-40H2,1-12H3,(H,78,90)(H,79,92)(H,80,93)/t42-,43-,46?,47?,50-,51-,52-,53-,54-,55-,59-,60?/m0/s1. The number of alkyl halides is 3. The topological polar surface area (TPSA) is 289 Å². The van der Waals surface area contributed by atoms with Gasteiger partial charge in [-0.25, -0.2) is 8.78 Å². The summed E-state index contributed by atoms with van der Waals surface area (Å²) in [4.78, 5) is 192. The quantitative estimate of drug-likeness (QED) is 0.186. The van der Waals surface area contributed by atoms with Gasteiger partial charge in [0.25, 0.3) is 0 Å². The van der Waals surface area contributed by atoms with Gasteiger partial charge >= 0.3 is 6.18 Å². The predicted octanol–water partition coefficient (Wildman–Crippen LogP) is 4.02. The number of ether oxygens (including phenoxy) is 2. The Morgan fingerprint density at radius 1 is 0.670 bits per heavy atom. The fourth-order valence-corrected chi connectivity index (χ4v) is 16.0. The first-order chi connectivity index (χ1) is 48.6. The molecule has 2 saturated carbocycles. The number of hydrogen-bond acceptors (Lipinski definition) is 14. The lowest BCUT2D eigenvalue weighted by Gasteiger charge is -2.45. The van der Waals surface area contributed by atoms with E-state index in [1.54, 1.807) is 11.8 Å². The molecule has 5 saturated heterocycles. The third-order valence-electron chi connectivity index (χ3n) is 22.6. The van der Waals surface area contributed by atoms with E-state index in [0.29, 0.717) is 76.3 Å². The molecular formula is C72H107F5N12O14. The largest absolute Gasteiger partial charge is 0.422 e. The van der Waals surface area contributed by atoms with E-state index < -0.39 is 192 Å². The van der Waals surface area contributed by atoms with Crippen LogP contribution in [0.1, 0.15) is 168 Å². The van der Waals surface area contributed by atoms with Crippen molar-refractivity contribution in [1.29, 1.82) is 0 Å². The molecule has 7 fully saturated rings. The molecule has 2 bridgehead atoms. The normalized spacial score (nSPS) is 29.0. The average Bonchev–Trinajstić information content (AvgIpc) is 1.55. The number of morpholine rings is 1. The molecule has 103 heavy (non-hydrogen) atoms. The van der Waals surface area contributed by atoms with Gasteiger partial charge in [0.15, 0.2) is 0 Å². The van der Waals surface area contributed by atoms with Gasteiger partial charge in [-0.05, 0) is 126 Å². The summed E-state index contributed by atoms with van der Waals surface area (Å²) >= 11 is 0. The molecule has 12 atom stereocenters. The Kier molecular flexibility index (Phi) is 27.2. The molecule has 2 aliphatic carbocycles. The minimum absolute atomic E-state index is 0.0464. The molecule has 7 aliphatic rings. The molecule has 574 valence electrons. The van der Waals surface area contributed by atoms with Crippen molar-refractivity contribution in [2.75, 3.05) is 88.3 Å². The Morgan fingerprint density at radius 2 is 1.29 bits per heavy atom. The van der Waals surface area contributed by atoms with E-state index in [9.17, 15) is 37.1 Å². The molecule has 1 aromatic rings. The van der Waals surface area contributed by atoms with Crippen LogP contribution in [0, 0.1) is 29.4 Å². The Balaban J connectivity index is 1.19. The first-order valence-electron chi connectivity index (χ1n) is 36.7. The maximum atomic E-state index is 15.9. The second-order valence-corrected chi connectivity index (χ2v) is 30.0. The molecule has 12 amide bonds. The van der Waals surface area contributed by atoms with Crippen LogP contribution >= 0.6 is 0 Å². The molecular weight excluding hydrogens is 1350 g/mol. The van der Waals surface area contributed by atoms with Gasteiger partial charge in [-0.3, -0.25) is 57.5 Å². The summed E-state index contributed by atoms with van der Waals surface area (Å²) in [5.74, 6) is -13.7. The highest BCUT2D eigenvalue weighted by Crippen LogP contribution is 2.39. The van der Waals surface area contributed by atoms with Gasteiger partial charge in [0.1, 0.15) is 77.1 Å². The van der Waals surface area contributed by atoms with Crippen molar-refractivity contribution < 1.29 is 89.0 Å². The third-order valence-corrected chi connectivity index (χ3v) is 22.6. The van der Waals surface area contributed by atoms with E-state index in [2.05, 4.69) is 16.0 Å². The van der Waals surface area contributed by atoms with Crippen molar-refractivity contribution in [1.82, 2.24) is 60.0 Å². The lowest BCUT2D eigenvalue weighted by atomic mass is 9.90. The van der Waals surface area contributed by atoms with Gasteiger partial charge in [0, 0.05) is 62.0 Å². The SMILES string of the molecule is CCCOC[C@H]1C(=O)N(C)CC(=O)N[C@@H](CCc2cc(F)c(C(F)(F)F)c(F)c2)C(=O)N2CCC[C@H]2C(=O)NC2(CCCC2)C(=O)N(C)C(C2CCCC2)C(=O)N(C)[C@H](C(=O)N2C3CCC2COC3)CC(=O)N(C)[C@@H](CC(C)C)C(=O)N[C@@H]([C@@H](C)CC)C(=O)N(C)[C@@H](C)C(=O)N2CC[C@H]2C(=O)N1C. The maximum absolute atomic E-state index is 15.9. The molecule has 3 N–H and O–H groups in total. The van der Waals surface area contributed by atoms with Crippen LogP contribution in [-0.2, 0) is 79.6 Å². The maximum Gasteiger partial charge on any atom is 0.422 e. The number of carbonyl (C=O) groups excluding carboxylic acids is 12. The lowest BCUT2D eigenvalue weighted by Crippen LogP contribution is -2.65. The van der Waals surface area contributed by atoms with Gasteiger partial charge in [0.2, 0.25) is 70.9 Å². The van der Waals surface area contributed by atoms with E-state index in [-0.39, 0.29) is 102 Å². The summed E-state index contributed by atoms with van der Waals surface area (Å²) in [6.07, 6.45) is -0.852. The number of halogens is 5. The number of aryl methyl sites for hydroxylation is 1. The second-order valence-electron chi connectivity index (χ2n) is 30.0. The second kappa shape index (κ2) is 34.6. The van der Waals surface area contributed by atoms with Crippen molar-refractivity contribution in [2.45, 2.75) is 242 Å². The van der Waals surface area contributed by atoms with E-state index in [0.717, 1.165) is 9.80 Å². The number of fused-ring (bicyclic) bond motifs is 4. The zero-order valence-electron chi connectivity index (χ0n) is 61.8. The Labute approximate surface area is 600 Å². The van der Waals surface area contributed by atoms with E-state index in [1.807, 2.05) is 27.7 Å². The number of benzene rings is 1. The van der Waals surface area contributed by atoms with Crippen molar-refractivity contribution in [3.63, 3.8) is 0 Å². The summed E-state index contributed by atoms with van der Waals surface area (Å²) in [5, 5.41) is 8.52. The molecule has 1 spiro atoms. The van der Waals surface area contributed by atoms with Crippen LogP contribution in [0.3, 0.4) is 0 Å². The highest BCUT2D eigenvalue weighted by atomic mass is 19.4. The zero-order chi connectivity index (χ0) is 75.9. The van der Waals surface area contributed by atoms with Gasteiger partial charge < -0.3 is 69.5 Å². The van der Waals surface area contributed by atoms with Crippen molar-refractivity contribution in [2.24, 2.45) is 17.8 Å². The molecule has 3 unspecified atom stereocenters. The minimum atomic E-state index is -5.40. The van der Waals surface area contributed by atoms with Crippen molar-refractivity contribution >= 4 is 70.9 Å². The highest BCUT2D eigenvalue weighted by molar-refractivity contribution is 6.01. The van der Waals surface area contributed by atoms with E-state index >= 15 is 42.3 Å². The van der Waals surface area contributed by atoms with Crippen LogP contribution in [0.2, 0.25) is 0 Å². The summed E-state index contributed by atoms with van der Waals surface area (Å²) in [6, 6.07) is -11.8. The Bertz CT molecular complexity index is 3280. The third kappa shape index (κ3) is 18.0. The van der Waals surface area contributed by atoms with Crippen LogP contribution in [0.4, 0.5) is 22.0 Å². The molecule has 0 aromatic heterocycles. The number of amides is 12. The van der Waals surface area contributed by atoms with Crippen LogP contribution in [0.15, 0.2) is 12.1 Å². The van der Waals surface area contributed by atoms with Crippen LogP contribution in [-0.4, -0.2) is 275 Å². The molecule has 5 aliphatic heterocycles. The number of nitrogens with zero attached hydrogens (tertiary/aromatic N) is 9. The summed E-state index contributed by atoms with van der Waals surface area (Å²) < 4.78 is 83.1. The number of rotatable bonds is 13. The van der Waals surface area contributed by atoms with Gasteiger partial charge in [-0.15, -0.1) is 0 Å². The Hall–Kier alpha value is -7.57. The first-order valence-corrected chi connectivity index (χ1v) is 36.7. The number of hydrogen-bond donors (Lipinski definition) is 3. The van der Waals surface area contributed by atoms with E-state index in [1.165, 1.54) is 78.6 Å². The van der Waals surface area contributed by atoms with Gasteiger partial charge in [-0.1, -0.05) is 66.7 Å². The molecule has 31 heteroatoms. The molecule has 8 rings (SSSR count). The predicted molar refractivity (Wildman–Crippen MR) is 365 cm³/mol.